The third kappa shape index (κ3) is 3.02. The van der Waals surface area contributed by atoms with Gasteiger partial charge in [-0.05, 0) is 30.2 Å². The number of benzene rings is 2. The molecule has 2 aromatic rings. The van der Waals surface area contributed by atoms with Crippen molar-refractivity contribution in [3.63, 3.8) is 0 Å². The lowest BCUT2D eigenvalue weighted by atomic mass is 10.2. The Labute approximate surface area is 131 Å². The maximum Gasteiger partial charge on any atom is 0.228 e. The SMILES string of the molecule is O=C(CCNc1ccc(F)c(F)c1F)N1CCc2ccccc21. The number of nitrogens with zero attached hydrogens (tertiary/aromatic N) is 1. The lowest BCUT2D eigenvalue weighted by molar-refractivity contribution is -0.118. The first-order valence-corrected chi connectivity index (χ1v) is 7.33. The smallest absolute Gasteiger partial charge is 0.228 e. The average molecular weight is 320 g/mol. The molecule has 0 aliphatic carbocycles. The zero-order chi connectivity index (χ0) is 16.4. The fourth-order valence-corrected chi connectivity index (χ4v) is 2.70. The highest BCUT2D eigenvalue weighted by molar-refractivity contribution is 5.95. The molecule has 0 spiro atoms. The van der Waals surface area contributed by atoms with Gasteiger partial charge in [-0.1, -0.05) is 18.2 Å². The summed E-state index contributed by atoms with van der Waals surface area (Å²) in [6, 6.07) is 9.64. The molecule has 120 valence electrons. The highest BCUT2D eigenvalue weighted by Gasteiger charge is 2.23. The number of hydrogen-bond acceptors (Lipinski definition) is 2. The molecular formula is C17H15F3N2O. The summed E-state index contributed by atoms with van der Waals surface area (Å²) in [5.41, 5.74) is 1.87. The summed E-state index contributed by atoms with van der Waals surface area (Å²) in [5, 5.41) is 2.63. The van der Waals surface area contributed by atoms with Crippen LogP contribution in [0.5, 0.6) is 0 Å². The molecule has 3 rings (SSSR count). The highest BCUT2D eigenvalue weighted by Crippen LogP contribution is 2.28. The van der Waals surface area contributed by atoms with Crippen LogP contribution in [0.3, 0.4) is 0 Å². The fourth-order valence-electron chi connectivity index (χ4n) is 2.70. The van der Waals surface area contributed by atoms with Crippen LogP contribution in [0.1, 0.15) is 12.0 Å². The molecule has 0 bridgehead atoms. The fraction of sp³-hybridized carbons (Fsp3) is 0.235. The number of halogens is 3. The Morgan fingerprint density at radius 1 is 1.09 bits per heavy atom. The molecule has 0 saturated heterocycles. The molecule has 1 amide bonds. The first-order chi connectivity index (χ1) is 11.1. The first-order valence-electron chi connectivity index (χ1n) is 7.33. The normalized spacial score (nSPS) is 13.1. The number of anilines is 2. The van der Waals surface area contributed by atoms with Crippen LogP contribution in [-0.2, 0) is 11.2 Å². The number of para-hydroxylation sites is 1. The number of rotatable bonds is 4. The van der Waals surface area contributed by atoms with Crippen LogP contribution in [0, 0.1) is 17.5 Å². The van der Waals surface area contributed by atoms with Crippen LogP contribution in [-0.4, -0.2) is 19.0 Å². The second-order valence-electron chi connectivity index (χ2n) is 5.32. The zero-order valence-corrected chi connectivity index (χ0v) is 12.3. The summed E-state index contributed by atoms with van der Waals surface area (Å²) >= 11 is 0. The molecule has 0 aromatic heterocycles. The van der Waals surface area contributed by atoms with Crippen LogP contribution >= 0.6 is 0 Å². The highest BCUT2D eigenvalue weighted by atomic mass is 19.2. The largest absolute Gasteiger partial charge is 0.382 e. The minimum atomic E-state index is -1.52. The molecule has 23 heavy (non-hydrogen) atoms. The molecular weight excluding hydrogens is 305 g/mol. The summed E-state index contributed by atoms with van der Waals surface area (Å²) in [6.45, 7) is 0.761. The van der Waals surface area contributed by atoms with Gasteiger partial charge in [-0.25, -0.2) is 13.2 Å². The summed E-state index contributed by atoms with van der Waals surface area (Å²) < 4.78 is 39.5. The standard InChI is InChI=1S/C17H15F3N2O/c18-12-5-6-13(17(20)16(12)19)21-9-7-15(23)22-10-8-11-3-1-2-4-14(11)22/h1-6,21H,7-10H2. The van der Waals surface area contributed by atoms with Gasteiger partial charge in [0.1, 0.15) is 0 Å². The van der Waals surface area contributed by atoms with E-state index in [1.54, 1.807) is 4.90 Å². The Bertz CT molecular complexity index is 749. The molecule has 2 aromatic carbocycles. The minimum Gasteiger partial charge on any atom is -0.382 e. The second-order valence-corrected chi connectivity index (χ2v) is 5.32. The number of nitrogens with one attached hydrogen (secondary N) is 1. The van der Waals surface area contributed by atoms with Crippen molar-refractivity contribution in [1.29, 1.82) is 0 Å². The Morgan fingerprint density at radius 3 is 2.70 bits per heavy atom. The summed E-state index contributed by atoms with van der Waals surface area (Å²) in [4.78, 5) is 14.0. The van der Waals surface area contributed by atoms with Gasteiger partial charge in [0.05, 0.1) is 5.69 Å². The van der Waals surface area contributed by atoms with Gasteiger partial charge in [-0.15, -0.1) is 0 Å². The van der Waals surface area contributed by atoms with Crippen LogP contribution < -0.4 is 10.2 Å². The summed E-state index contributed by atoms with van der Waals surface area (Å²) in [5.74, 6) is -4.12. The van der Waals surface area contributed by atoms with Crippen molar-refractivity contribution in [2.24, 2.45) is 0 Å². The molecule has 1 N–H and O–H groups in total. The van der Waals surface area contributed by atoms with Crippen molar-refractivity contribution in [1.82, 2.24) is 0 Å². The molecule has 1 aliphatic heterocycles. The lowest BCUT2D eigenvalue weighted by Gasteiger charge is -2.17. The van der Waals surface area contributed by atoms with Crippen LogP contribution in [0.25, 0.3) is 0 Å². The molecule has 3 nitrogen and oxygen atoms in total. The molecule has 6 heteroatoms. The number of amides is 1. The van der Waals surface area contributed by atoms with Gasteiger partial charge >= 0.3 is 0 Å². The van der Waals surface area contributed by atoms with E-state index in [1.807, 2.05) is 24.3 Å². The molecule has 1 aliphatic rings. The Morgan fingerprint density at radius 2 is 1.87 bits per heavy atom. The van der Waals surface area contributed by atoms with E-state index in [-0.39, 0.29) is 24.6 Å². The van der Waals surface area contributed by atoms with Gasteiger partial charge in [0.25, 0.3) is 0 Å². The van der Waals surface area contributed by atoms with E-state index in [2.05, 4.69) is 5.32 Å². The van der Waals surface area contributed by atoms with Gasteiger partial charge in [0.2, 0.25) is 5.91 Å². The molecule has 0 atom stereocenters. The van der Waals surface area contributed by atoms with Gasteiger partial charge in [0.15, 0.2) is 17.5 Å². The average Bonchev–Trinajstić information content (AvgIpc) is 2.99. The second kappa shape index (κ2) is 6.32. The molecule has 0 radical (unpaired) electrons. The predicted molar refractivity (Wildman–Crippen MR) is 81.9 cm³/mol. The van der Waals surface area contributed by atoms with Gasteiger partial charge in [-0.2, -0.15) is 0 Å². The number of fused-ring (bicyclic) bond motifs is 1. The molecule has 0 fully saturated rings. The Balaban J connectivity index is 1.60. The quantitative estimate of drug-likeness (QED) is 0.875. The van der Waals surface area contributed by atoms with Crippen LogP contribution in [0.15, 0.2) is 36.4 Å². The zero-order valence-electron chi connectivity index (χ0n) is 12.3. The predicted octanol–water partition coefficient (Wildman–Crippen LogP) is 3.50. The summed E-state index contributed by atoms with van der Waals surface area (Å²) in [7, 11) is 0. The van der Waals surface area contributed by atoms with E-state index >= 15 is 0 Å². The van der Waals surface area contributed by atoms with Crippen LogP contribution in [0.4, 0.5) is 24.5 Å². The van der Waals surface area contributed by atoms with E-state index in [0.29, 0.717) is 6.54 Å². The molecule has 1 heterocycles. The van der Waals surface area contributed by atoms with E-state index in [1.165, 1.54) is 0 Å². The number of carbonyl (C=O) groups is 1. The van der Waals surface area contributed by atoms with E-state index in [9.17, 15) is 18.0 Å². The van der Waals surface area contributed by atoms with Gasteiger partial charge in [0, 0.05) is 25.2 Å². The molecule has 0 saturated carbocycles. The van der Waals surface area contributed by atoms with E-state index in [0.717, 1.165) is 29.8 Å². The van der Waals surface area contributed by atoms with Crippen molar-refractivity contribution in [3.8, 4) is 0 Å². The lowest BCUT2D eigenvalue weighted by Crippen LogP contribution is -2.30. The Hall–Kier alpha value is -2.50. The van der Waals surface area contributed by atoms with Crippen molar-refractivity contribution in [3.05, 3.63) is 59.4 Å². The maximum atomic E-state index is 13.5. The maximum absolute atomic E-state index is 13.5. The van der Waals surface area contributed by atoms with Crippen molar-refractivity contribution in [2.45, 2.75) is 12.8 Å². The number of hydrogen-bond donors (Lipinski definition) is 1. The Kier molecular flexibility index (Phi) is 4.23. The van der Waals surface area contributed by atoms with Crippen molar-refractivity contribution >= 4 is 17.3 Å². The number of carbonyl (C=O) groups excluding carboxylic acids is 1. The minimum absolute atomic E-state index is 0.0922. The first kappa shape index (κ1) is 15.4. The van der Waals surface area contributed by atoms with Crippen molar-refractivity contribution in [2.75, 3.05) is 23.3 Å². The van der Waals surface area contributed by atoms with E-state index < -0.39 is 17.5 Å². The topological polar surface area (TPSA) is 32.3 Å². The van der Waals surface area contributed by atoms with Gasteiger partial charge < -0.3 is 10.2 Å². The monoisotopic (exact) mass is 320 g/mol. The van der Waals surface area contributed by atoms with Gasteiger partial charge in [-0.3, -0.25) is 4.79 Å². The molecule has 0 unspecified atom stereocenters. The van der Waals surface area contributed by atoms with Crippen LogP contribution in [0.2, 0.25) is 0 Å². The van der Waals surface area contributed by atoms with Crippen molar-refractivity contribution < 1.29 is 18.0 Å². The summed E-state index contributed by atoms with van der Waals surface area (Å²) in [6.07, 6.45) is 0.944. The van der Waals surface area contributed by atoms with E-state index in [4.69, 9.17) is 0 Å². The third-order valence-electron chi connectivity index (χ3n) is 3.88. The third-order valence-corrected chi connectivity index (χ3v) is 3.88.